The molecule has 0 bridgehead atoms. The molecule has 0 fully saturated rings. The van der Waals surface area contributed by atoms with Crippen molar-refractivity contribution < 1.29 is 14.6 Å². The smallest absolute Gasteiger partial charge is 0.337 e. The van der Waals surface area contributed by atoms with Crippen LogP contribution in [-0.4, -0.2) is 30.8 Å². The number of anilines is 1. The number of para-hydroxylation sites is 1. The summed E-state index contributed by atoms with van der Waals surface area (Å²) in [5.74, 6) is -0.269. The van der Waals surface area contributed by atoms with E-state index in [1.807, 2.05) is 13.0 Å². The average Bonchev–Trinajstić information content (AvgIpc) is 2.34. The second-order valence-electron chi connectivity index (χ2n) is 5.02. The highest BCUT2D eigenvalue weighted by molar-refractivity contribution is 5.95. The van der Waals surface area contributed by atoms with E-state index < -0.39 is 5.97 Å². The highest BCUT2D eigenvalue weighted by atomic mass is 16.5. The molecule has 0 atom stereocenters. The fraction of sp³-hybridized carbons (Fsp3) is 0.533. The molecular formula is C15H23NO3. The second-order valence-corrected chi connectivity index (χ2v) is 5.02. The van der Waals surface area contributed by atoms with E-state index in [4.69, 9.17) is 9.84 Å². The summed E-state index contributed by atoms with van der Waals surface area (Å²) < 4.78 is 5.50. The van der Waals surface area contributed by atoms with Crippen LogP contribution in [0.1, 0.15) is 36.2 Å². The third kappa shape index (κ3) is 5.30. The fourth-order valence-electron chi connectivity index (χ4n) is 1.75. The minimum atomic E-state index is -0.910. The van der Waals surface area contributed by atoms with Crippen LogP contribution in [0.4, 0.5) is 5.69 Å². The molecule has 1 aromatic carbocycles. The van der Waals surface area contributed by atoms with Gasteiger partial charge in [-0.3, -0.25) is 0 Å². The van der Waals surface area contributed by atoms with Crippen LogP contribution >= 0.6 is 0 Å². The van der Waals surface area contributed by atoms with Crippen LogP contribution in [0.3, 0.4) is 0 Å². The van der Waals surface area contributed by atoms with Gasteiger partial charge in [-0.05, 0) is 30.9 Å². The first-order valence-corrected chi connectivity index (χ1v) is 6.67. The minimum absolute atomic E-state index is 0.308. The molecular weight excluding hydrogens is 242 g/mol. The van der Waals surface area contributed by atoms with Gasteiger partial charge in [0, 0.05) is 13.2 Å². The van der Waals surface area contributed by atoms with Gasteiger partial charge in [0.2, 0.25) is 0 Å². The van der Waals surface area contributed by atoms with Crippen molar-refractivity contribution in [2.45, 2.75) is 27.2 Å². The van der Waals surface area contributed by atoms with Gasteiger partial charge in [0.05, 0.1) is 17.9 Å². The summed E-state index contributed by atoms with van der Waals surface area (Å²) in [6.45, 7) is 8.17. The van der Waals surface area contributed by atoms with Gasteiger partial charge in [-0.2, -0.15) is 0 Å². The fourth-order valence-corrected chi connectivity index (χ4v) is 1.75. The van der Waals surface area contributed by atoms with E-state index in [-0.39, 0.29) is 0 Å². The second kappa shape index (κ2) is 7.79. The zero-order valence-electron chi connectivity index (χ0n) is 11.9. The molecule has 1 rings (SSSR count). The van der Waals surface area contributed by atoms with Crippen LogP contribution in [0, 0.1) is 12.8 Å². The number of carboxylic acid groups (broad SMARTS) is 1. The van der Waals surface area contributed by atoms with E-state index in [0.29, 0.717) is 30.3 Å². The van der Waals surface area contributed by atoms with Crippen molar-refractivity contribution in [3.63, 3.8) is 0 Å². The summed E-state index contributed by atoms with van der Waals surface area (Å²) in [5.41, 5.74) is 1.92. The van der Waals surface area contributed by atoms with Crippen LogP contribution in [0.15, 0.2) is 18.2 Å². The van der Waals surface area contributed by atoms with Crippen LogP contribution in [-0.2, 0) is 4.74 Å². The molecule has 106 valence electrons. The third-order valence-electron chi connectivity index (χ3n) is 2.89. The van der Waals surface area contributed by atoms with E-state index in [1.165, 1.54) is 0 Å². The normalized spacial score (nSPS) is 10.7. The monoisotopic (exact) mass is 265 g/mol. The molecule has 0 heterocycles. The lowest BCUT2D eigenvalue weighted by Crippen LogP contribution is -2.14. The molecule has 4 heteroatoms. The highest BCUT2D eigenvalue weighted by Crippen LogP contribution is 2.20. The lowest BCUT2D eigenvalue weighted by Gasteiger charge is -2.13. The van der Waals surface area contributed by atoms with Gasteiger partial charge in [-0.1, -0.05) is 26.0 Å². The summed E-state index contributed by atoms with van der Waals surface area (Å²) in [6.07, 6.45) is 1.05. The quantitative estimate of drug-likeness (QED) is 0.709. The molecule has 0 saturated heterocycles. The van der Waals surface area contributed by atoms with Gasteiger partial charge >= 0.3 is 5.97 Å². The molecule has 0 aliphatic carbocycles. The van der Waals surface area contributed by atoms with E-state index in [1.54, 1.807) is 12.1 Å². The van der Waals surface area contributed by atoms with Crippen molar-refractivity contribution in [3.8, 4) is 0 Å². The maximum absolute atomic E-state index is 11.1. The minimum Gasteiger partial charge on any atom is -0.478 e. The summed E-state index contributed by atoms with van der Waals surface area (Å²) in [5, 5.41) is 12.3. The number of nitrogens with one attached hydrogen (secondary N) is 1. The largest absolute Gasteiger partial charge is 0.478 e. The van der Waals surface area contributed by atoms with Gasteiger partial charge in [-0.15, -0.1) is 0 Å². The first kappa shape index (κ1) is 15.5. The Morgan fingerprint density at radius 3 is 2.74 bits per heavy atom. The molecule has 0 unspecified atom stereocenters. The highest BCUT2D eigenvalue weighted by Gasteiger charge is 2.11. The molecule has 1 aromatic rings. The maximum Gasteiger partial charge on any atom is 0.337 e. The lowest BCUT2D eigenvalue weighted by atomic mass is 10.1. The number of hydrogen-bond donors (Lipinski definition) is 2. The Bertz CT molecular complexity index is 416. The zero-order valence-corrected chi connectivity index (χ0v) is 11.9. The summed E-state index contributed by atoms with van der Waals surface area (Å²) >= 11 is 0. The van der Waals surface area contributed by atoms with Crippen LogP contribution < -0.4 is 5.32 Å². The van der Waals surface area contributed by atoms with E-state index in [0.717, 1.165) is 18.6 Å². The van der Waals surface area contributed by atoms with E-state index in [9.17, 15) is 4.79 Å². The van der Waals surface area contributed by atoms with Crippen LogP contribution in [0.5, 0.6) is 0 Å². The topological polar surface area (TPSA) is 58.6 Å². The summed E-state index contributed by atoms with van der Waals surface area (Å²) in [6, 6.07) is 5.26. The third-order valence-corrected chi connectivity index (χ3v) is 2.89. The predicted molar refractivity (Wildman–Crippen MR) is 76.9 cm³/mol. The number of rotatable bonds is 8. The number of carboxylic acids is 1. The molecule has 0 saturated carbocycles. The van der Waals surface area contributed by atoms with Crippen LogP contribution in [0.2, 0.25) is 0 Å². The predicted octanol–water partition coefficient (Wildman–Crippen LogP) is 3.17. The molecule has 0 aliphatic heterocycles. The maximum atomic E-state index is 11.1. The van der Waals surface area contributed by atoms with Crippen molar-refractivity contribution in [1.29, 1.82) is 0 Å². The molecule has 0 aromatic heterocycles. The van der Waals surface area contributed by atoms with Crippen molar-refractivity contribution in [3.05, 3.63) is 29.3 Å². The van der Waals surface area contributed by atoms with E-state index in [2.05, 4.69) is 19.2 Å². The first-order chi connectivity index (χ1) is 9.02. The molecule has 0 aliphatic rings. The molecule has 4 nitrogen and oxygen atoms in total. The van der Waals surface area contributed by atoms with Gasteiger partial charge in [0.15, 0.2) is 0 Å². The Morgan fingerprint density at radius 2 is 2.11 bits per heavy atom. The van der Waals surface area contributed by atoms with Crippen molar-refractivity contribution in [1.82, 2.24) is 0 Å². The molecule has 19 heavy (non-hydrogen) atoms. The van der Waals surface area contributed by atoms with Gasteiger partial charge in [-0.25, -0.2) is 4.79 Å². The Balaban J connectivity index is 2.43. The number of aromatic carboxylic acids is 1. The number of benzene rings is 1. The van der Waals surface area contributed by atoms with Gasteiger partial charge in [0.1, 0.15) is 0 Å². The van der Waals surface area contributed by atoms with Crippen LogP contribution in [0.25, 0.3) is 0 Å². The number of ether oxygens (including phenoxy) is 1. The molecule has 0 amide bonds. The Morgan fingerprint density at radius 1 is 1.37 bits per heavy atom. The summed E-state index contributed by atoms with van der Waals surface area (Å²) in [7, 11) is 0. The van der Waals surface area contributed by atoms with Gasteiger partial charge in [0.25, 0.3) is 0 Å². The van der Waals surface area contributed by atoms with Gasteiger partial charge < -0.3 is 15.2 Å². The van der Waals surface area contributed by atoms with E-state index >= 15 is 0 Å². The van der Waals surface area contributed by atoms with Crippen molar-refractivity contribution >= 4 is 11.7 Å². The molecule has 0 spiro atoms. The summed E-state index contributed by atoms with van der Waals surface area (Å²) in [4.78, 5) is 11.1. The first-order valence-electron chi connectivity index (χ1n) is 6.67. The standard InChI is InChI=1S/C15H23NO3/c1-11(2)7-9-19-10-8-16-14-12(3)5-4-6-13(14)15(17)18/h4-6,11,16H,7-10H2,1-3H3,(H,17,18). The van der Waals surface area contributed by atoms with Crippen molar-refractivity contribution in [2.75, 3.05) is 25.1 Å². The Hall–Kier alpha value is -1.55. The number of hydrogen-bond acceptors (Lipinski definition) is 3. The zero-order chi connectivity index (χ0) is 14.3. The SMILES string of the molecule is Cc1cccc(C(=O)O)c1NCCOCCC(C)C. The average molecular weight is 265 g/mol. The molecule has 0 radical (unpaired) electrons. The molecule has 2 N–H and O–H groups in total. The number of aryl methyl sites for hydroxylation is 1. The Labute approximate surface area is 114 Å². The van der Waals surface area contributed by atoms with Crippen molar-refractivity contribution in [2.24, 2.45) is 5.92 Å². The Kier molecular flexibility index (Phi) is 6.36. The number of carbonyl (C=O) groups is 1. The lowest BCUT2D eigenvalue weighted by molar-refractivity contribution is 0.0697.